The van der Waals surface area contributed by atoms with Crippen LogP contribution in [0.3, 0.4) is 0 Å². The van der Waals surface area contributed by atoms with Crippen LogP contribution in [0.25, 0.3) is 6.08 Å². The number of para-hydroxylation sites is 1. The molecule has 0 spiro atoms. The van der Waals surface area contributed by atoms with Crippen molar-refractivity contribution in [2.24, 2.45) is 4.99 Å². The Hall–Kier alpha value is -3.55. The summed E-state index contributed by atoms with van der Waals surface area (Å²) in [7, 11) is 0. The van der Waals surface area contributed by atoms with Crippen molar-refractivity contribution in [3.63, 3.8) is 0 Å². The number of fused-ring (bicyclic) bond motifs is 1. The Morgan fingerprint density at radius 3 is 2.44 bits per heavy atom. The van der Waals surface area contributed by atoms with Gasteiger partial charge in [-0.05, 0) is 42.1 Å². The van der Waals surface area contributed by atoms with Crippen LogP contribution in [-0.4, -0.2) is 10.5 Å². The molecule has 5 nitrogen and oxygen atoms in total. The van der Waals surface area contributed by atoms with Crippen LogP contribution >= 0.6 is 22.7 Å². The number of thiophene rings is 1. The molecule has 2 aromatic heterocycles. The van der Waals surface area contributed by atoms with E-state index in [4.69, 9.17) is 0 Å². The van der Waals surface area contributed by atoms with Crippen LogP contribution < -0.4 is 20.2 Å². The third-order valence-corrected chi connectivity index (χ3v) is 7.12. The van der Waals surface area contributed by atoms with E-state index in [0.29, 0.717) is 26.3 Å². The molecule has 0 radical (unpaired) electrons. The largest absolute Gasteiger partial charge is 0.322 e. The zero-order valence-electron chi connectivity index (χ0n) is 17.2. The molecule has 0 aliphatic carbocycles. The van der Waals surface area contributed by atoms with E-state index in [1.165, 1.54) is 22.7 Å². The van der Waals surface area contributed by atoms with Crippen molar-refractivity contribution in [2.45, 2.75) is 13.0 Å². The average Bonchev–Trinajstić information content (AvgIpc) is 3.43. The SMILES string of the molecule is CC1=C(C(=O)Nc2ccccc2)C(c2cccs2)n2c(sc(=Cc3ccccc3)c2=O)=N1. The van der Waals surface area contributed by atoms with Crippen LogP contribution in [-0.2, 0) is 4.79 Å². The molecule has 0 bridgehead atoms. The smallest absolute Gasteiger partial charge is 0.271 e. The number of rotatable bonds is 4. The van der Waals surface area contributed by atoms with Gasteiger partial charge in [-0.25, -0.2) is 4.99 Å². The zero-order chi connectivity index (χ0) is 22.1. The fraction of sp³-hybridized carbons (Fsp3) is 0.0800. The van der Waals surface area contributed by atoms with Gasteiger partial charge in [0.25, 0.3) is 11.5 Å². The van der Waals surface area contributed by atoms with Gasteiger partial charge >= 0.3 is 0 Å². The second-order valence-corrected chi connectivity index (χ2v) is 9.32. The first-order valence-electron chi connectivity index (χ1n) is 10.1. The maximum absolute atomic E-state index is 13.5. The Bertz CT molecular complexity index is 1480. The predicted octanol–water partition coefficient (Wildman–Crippen LogP) is 3.94. The predicted molar refractivity (Wildman–Crippen MR) is 130 cm³/mol. The molecule has 1 aliphatic rings. The van der Waals surface area contributed by atoms with Crippen LogP contribution in [0.5, 0.6) is 0 Å². The summed E-state index contributed by atoms with van der Waals surface area (Å²) in [6.07, 6.45) is 1.87. The molecular formula is C25H19N3O2S2. The van der Waals surface area contributed by atoms with E-state index in [2.05, 4.69) is 10.3 Å². The number of benzene rings is 2. The monoisotopic (exact) mass is 457 g/mol. The minimum absolute atomic E-state index is 0.145. The lowest BCUT2D eigenvalue weighted by Gasteiger charge is -2.24. The van der Waals surface area contributed by atoms with Crippen LogP contribution in [0.2, 0.25) is 0 Å². The number of carbonyl (C=O) groups is 1. The van der Waals surface area contributed by atoms with Gasteiger partial charge in [-0.3, -0.25) is 14.2 Å². The normalized spacial score (nSPS) is 15.9. The fourth-order valence-corrected chi connectivity index (χ4v) is 5.62. The Morgan fingerprint density at radius 2 is 1.75 bits per heavy atom. The molecule has 4 aromatic rings. The summed E-state index contributed by atoms with van der Waals surface area (Å²) in [5.41, 5.74) is 2.60. The third-order valence-electron chi connectivity index (χ3n) is 5.21. The molecule has 32 heavy (non-hydrogen) atoms. The van der Waals surface area contributed by atoms with Crippen LogP contribution in [0.15, 0.2) is 99.2 Å². The molecule has 1 amide bonds. The Balaban J connectivity index is 1.66. The van der Waals surface area contributed by atoms with Crippen molar-refractivity contribution in [1.82, 2.24) is 4.57 Å². The standard InChI is InChI=1S/C25H19N3O2S2/c1-16-21(23(29)27-18-11-6-3-7-12-18)22(19-13-8-14-31-19)28-24(30)20(32-25(28)26-16)15-17-9-4-2-5-10-17/h2-15,22H,1H3,(H,27,29). The number of hydrogen-bond acceptors (Lipinski definition) is 5. The van der Waals surface area contributed by atoms with E-state index < -0.39 is 6.04 Å². The number of nitrogens with zero attached hydrogens (tertiary/aromatic N) is 2. The second-order valence-electron chi connectivity index (χ2n) is 7.33. The first-order valence-corrected chi connectivity index (χ1v) is 11.8. The molecule has 7 heteroatoms. The van der Waals surface area contributed by atoms with Gasteiger partial charge in [-0.1, -0.05) is 65.9 Å². The summed E-state index contributed by atoms with van der Waals surface area (Å²) in [5, 5.41) is 4.91. The molecule has 0 saturated heterocycles. The van der Waals surface area contributed by atoms with Gasteiger partial charge < -0.3 is 5.32 Å². The van der Waals surface area contributed by atoms with Gasteiger partial charge in [0.05, 0.1) is 15.8 Å². The maximum Gasteiger partial charge on any atom is 0.271 e. The van der Waals surface area contributed by atoms with Crippen molar-refractivity contribution < 1.29 is 4.79 Å². The molecule has 1 unspecified atom stereocenters. The Labute approximate surface area is 192 Å². The van der Waals surface area contributed by atoms with Gasteiger partial charge in [0.1, 0.15) is 6.04 Å². The summed E-state index contributed by atoms with van der Waals surface area (Å²) in [4.78, 5) is 33.0. The fourth-order valence-electron chi connectivity index (χ4n) is 3.75. The molecule has 158 valence electrons. The van der Waals surface area contributed by atoms with E-state index in [1.807, 2.05) is 91.2 Å². The summed E-state index contributed by atoms with van der Waals surface area (Å²) in [5.74, 6) is -0.256. The van der Waals surface area contributed by atoms with Crippen LogP contribution in [0, 0.1) is 0 Å². The number of amides is 1. The molecule has 2 aromatic carbocycles. The Morgan fingerprint density at radius 1 is 1.03 bits per heavy atom. The number of aromatic nitrogens is 1. The molecule has 3 heterocycles. The quantitative estimate of drug-likeness (QED) is 0.505. The van der Waals surface area contributed by atoms with Crippen molar-refractivity contribution in [3.8, 4) is 0 Å². The first-order chi connectivity index (χ1) is 15.6. The highest BCUT2D eigenvalue weighted by Gasteiger charge is 2.33. The lowest BCUT2D eigenvalue weighted by atomic mass is 10.0. The second kappa shape index (κ2) is 8.53. The van der Waals surface area contributed by atoms with E-state index in [1.54, 1.807) is 4.57 Å². The summed E-state index contributed by atoms with van der Waals surface area (Å²) in [6, 6.07) is 22.4. The molecule has 1 N–H and O–H groups in total. The zero-order valence-corrected chi connectivity index (χ0v) is 18.8. The molecule has 0 fully saturated rings. The van der Waals surface area contributed by atoms with Crippen molar-refractivity contribution >= 4 is 40.3 Å². The minimum Gasteiger partial charge on any atom is -0.322 e. The Kier molecular flexibility index (Phi) is 5.43. The number of hydrogen-bond donors (Lipinski definition) is 1. The number of thiazole rings is 1. The number of nitrogens with one attached hydrogen (secondary N) is 1. The molecule has 1 aliphatic heterocycles. The van der Waals surface area contributed by atoms with Crippen molar-refractivity contribution in [2.75, 3.05) is 5.32 Å². The average molecular weight is 458 g/mol. The summed E-state index contributed by atoms with van der Waals surface area (Å²) < 4.78 is 2.24. The van der Waals surface area contributed by atoms with E-state index in [0.717, 1.165) is 10.4 Å². The number of anilines is 1. The van der Waals surface area contributed by atoms with E-state index >= 15 is 0 Å². The van der Waals surface area contributed by atoms with Gasteiger partial charge in [0, 0.05) is 10.6 Å². The van der Waals surface area contributed by atoms with Gasteiger partial charge in [-0.2, -0.15) is 0 Å². The van der Waals surface area contributed by atoms with E-state index in [9.17, 15) is 9.59 Å². The van der Waals surface area contributed by atoms with Crippen LogP contribution in [0.4, 0.5) is 5.69 Å². The molecule has 0 saturated carbocycles. The highest BCUT2D eigenvalue weighted by Crippen LogP contribution is 2.33. The highest BCUT2D eigenvalue weighted by atomic mass is 32.1. The van der Waals surface area contributed by atoms with Gasteiger partial charge in [0.15, 0.2) is 4.80 Å². The molecule has 1 atom stereocenters. The van der Waals surface area contributed by atoms with Gasteiger partial charge in [0.2, 0.25) is 0 Å². The summed E-state index contributed by atoms with van der Waals surface area (Å²) in [6.45, 7) is 1.83. The summed E-state index contributed by atoms with van der Waals surface area (Å²) >= 11 is 2.87. The molecular weight excluding hydrogens is 438 g/mol. The highest BCUT2D eigenvalue weighted by molar-refractivity contribution is 7.10. The molecule has 5 rings (SSSR count). The van der Waals surface area contributed by atoms with Crippen LogP contribution in [0.1, 0.15) is 23.4 Å². The number of carbonyl (C=O) groups excluding carboxylic acids is 1. The number of allylic oxidation sites excluding steroid dienone is 1. The lowest BCUT2D eigenvalue weighted by Crippen LogP contribution is -2.40. The maximum atomic E-state index is 13.5. The third kappa shape index (κ3) is 3.77. The van der Waals surface area contributed by atoms with Crippen molar-refractivity contribution in [3.05, 3.63) is 120 Å². The first kappa shape index (κ1) is 20.4. The lowest BCUT2D eigenvalue weighted by molar-refractivity contribution is -0.113. The van der Waals surface area contributed by atoms with Gasteiger partial charge in [-0.15, -0.1) is 11.3 Å². The van der Waals surface area contributed by atoms with E-state index in [-0.39, 0.29) is 11.5 Å². The topological polar surface area (TPSA) is 63.5 Å². The van der Waals surface area contributed by atoms with Crippen molar-refractivity contribution in [1.29, 1.82) is 0 Å². The minimum atomic E-state index is -0.520.